The molecule has 0 radical (unpaired) electrons. The van der Waals surface area contributed by atoms with Crippen molar-refractivity contribution < 1.29 is 8.42 Å². The summed E-state index contributed by atoms with van der Waals surface area (Å²) < 4.78 is 22.4. The highest BCUT2D eigenvalue weighted by molar-refractivity contribution is 7.89. The lowest BCUT2D eigenvalue weighted by Gasteiger charge is -2.05. The lowest BCUT2D eigenvalue weighted by molar-refractivity contribution is 0.601. The number of hydrogen-bond acceptors (Lipinski definition) is 2. The normalized spacial score (nSPS) is 11.4. The van der Waals surface area contributed by atoms with E-state index in [9.17, 15) is 8.42 Å². The van der Waals surface area contributed by atoms with Gasteiger partial charge in [-0.05, 0) is 23.6 Å². The van der Waals surface area contributed by atoms with Crippen molar-refractivity contribution in [3.8, 4) is 11.1 Å². The predicted octanol–water partition coefficient (Wildman–Crippen LogP) is 3.21. The summed E-state index contributed by atoms with van der Waals surface area (Å²) in [6.07, 6.45) is 1.25. The van der Waals surface area contributed by atoms with Crippen molar-refractivity contribution in [2.45, 2.75) is 12.7 Å². The second kappa shape index (κ2) is 4.94. The van der Waals surface area contributed by atoms with Gasteiger partial charge in [0.15, 0.2) is 9.84 Å². The molecule has 0 bridgehead atoms. The van der Waals surface area contributed by atoms with Crippen molar-refractivity contribution in [1.29, 1.82) is 0 Å². The highest BCUT2D eigenvalue weighted by atomic mass is 32.2. The molecule has 0 aliphatic rings. The van der Waals surface area contributed by atoms with Crippen LogP contribution in [-0.2, 0) is 15.6 Å². The molecule has 2 aromatic carbocycles. The van der Waals surface area contributed by atoms with Crippen LogP contribution in [0.4, 0.5) is 0 Å². The van der Waals surface area contributed by atoms with E-state index in [0.29, 0.717) is 0 Å². The van der Waals surface area contributed by atoms with E-state index in [1.54, 1.807) is 0 Å². The van der Waals surface area contributed by atoms with E-state index in [2.05, 4.69) is 25.1 Å². The summed E-state index contributed by atoms with van der Waals surface area (Å²) in [6, 6.07) is 15.9. The van der Waals surface area contributed by atoms with Gasteiger partial charge in [0.05, 0.1) is 5.75 Å². The largest absolute Gasteiger partial charge is 0.229 e. The maximum absolute atomic E-state index is 11.2. The molecule has 3 heteroatoms. The third-order valence-electron chi connectivity index (χ3n) is 2.73. The van der Waals surface area contributed by atoms with Crippen LogP contribution in [0.5, 0.6) is 0 Å². The summed E-state index contributed by atoms with van der Waals surface area (Å²) in [7, 11) is -2.96. The van der Waals surface area contributed by atoms with Crippen LogP contribution in [0.15, 0.2) is 48.5 Å². The van der Waals surface area contributed by atoms with Crippen LogP contribution >= 0.6 is 0 Å². The van der Waals surface area contributed by atoms with Gasteiger partial charge in [-0.25, -0.2) is 8.42 Å². The Morgan fingerprint density at radius 2 is 1.61 bits per heavy atom. The van der Waals surface area contributed by atoms with Crippen LogP contribution in [0.25, 0.3) is 11.1 Å². The highest BCUT2D eigenvalue weighted by Crippen LogP contribution is 2.21. The maximum atomic E-state index is 11.2. The van der Waals surface area contributed by atoms with Crippen LogP contribution in [0, 0.1) is 6.92 Å². The first-order valence-corrected chi connectivity index (χ1v) is 7.84. The molecule has 18 heavy (non-hydrogen) atoms. The van der Waals surface area contributed by atoms with Crippen molar-refractivity contribution >= 4 is 9.84 Å². The van der Waals surface area contributed by atoms with E-state index in [0.717, 1.165) is 16.7 Å². The van der Waals surface area contributed by atoms with Gasteiger partial charge in [-0.3, -0.25) is 0 Å². The number of hydrogen-bond donors (Lipinski definition) is 0. The lowest BCUT2D eigenvalue weighted by atomic mass is 10.0. The molecule has 0 amide bonds. The van der Waals surface area contributed by atoms with Crippen LogP contribution in [0.1, 0.15) is 11.1 Å². The first-order chi connectivity index (χ1) is 8.44. The standard InChI is InChI=1S/C15H16O2S/c1-12-4-3-5-15(10-12)14-8-6-13(7-9-14)11-18(2,16)17/h3-10H,11H2,1-2H3. The van der Waals surface area contributed by atoms with Crippen molar-refractivity contribution in [3.63, 3.8) is 0 Å². The molecule has 2 rings (SSSR count). The Morgan fingerprint density at radius 3 is 2.17 bits per heavy atom. The second-order valence-electron chi connectivity index (χ2n) is 4.64. The Bertz CT molecular complexity index is 640. The van der Waals surface area contributed by atoms with Crippen LogP contribution in [-0.4, -0.2) is 14.7 Å². The molecule has 2 aromatic rings. The molecule has 0 aliphatic carbocycles. The molecule has 94 valence electrons. The fourth-order valence-electron chi connectivity index (χ4n) is 1.92. The van der Waals surface area contributed by atoms with Crippen LogP contribution in [0.2, 0.25) is 0 Å². The Kier molecular flexibility index (Phi) is 3.53. The summed E-state index contributed by atoms with van der Waals surface area (Å²) in [5.41, 5.74) is 4.30. The lowest BCUT2D eigenvalue weighted by Crippen LogP contribution is -2.00. The van der Waals surface area contributed by atoms with E-state index in [1.807, 2.05) is 30.3 Å². The molecule has 0 spiro atoms. The zero-order valence-corrected chi connectivity index (χ0v) is 11.4. The van der Waals surface area contributed by atoms with E-state index < -0.39 is 9.84 Å². The molecule has 0 unspecified atom stereocenters. The van der Waals surface area contributed by atoms with Crippen molar-refractivity contribution in [1.82, 2.24) is 0 Å². The Balaban J connectivity index is 2.28. The van der Waals surface area contributed by atoms with Gasteiger partial charge in [0.25, 0.3) is 0 Å². The average molecular weight is 260 g/mol. The predicted molar refractivity (Wildman–Crippen MR) is 75.2 cm³/mol. The monoisotopic (exact) mass is 260 g/mol. The zero-order valence-electron chi connectivity index (χ0n) is 10.6. The fraction of sp³-hybridized carbons (Fsp3) is 0.200. The third-order valence-corrected chi connectivity index (χ3v) is 3.59. The molecule has 0 atom stereocenters. The average Bonchev–Trinajstić information content (AvgIpc) is 2.28. The van der Waals surface area contributed by atoms with Gasteiger partial charge in [-0.15, -0.1) is 0 Å². The van der Waals surface area contributed by atoms with Crippen molar-refractivity contribution in [3.05, 3.63) is 59.7 Å². The molecule has 0 aromatic heterocycles. The summed E-state index contributed by atoms with van der Waals surface area (Å²) in [6.45, 7) is 2.06. The topological polar surface area (TPSA) is 34.1 Å². The Morgan fingerprint density at radius 1 is 0.944 bits per heavy atom. The van der Waals surface area contributed by atoms with Crippen molar-refractivity contribution in [2.75, 3.05) is 6.26 Å². The van der Waals surface area contributed by atoms with E-state index in [-0.39, 0.29) is 5.75 Å². The summed E-state index contributed by atoms with van der Waals surface area (Å²) in [5.74, 6) is 0.0983. The molecular weight excluding hydrogens is 244 g/mol. The van der Waals surface area contributed by atoms with Gasteiger partial charge in [0.2, 0.25) is 0 Å². The fourth-order valence-corrected chi connectivity index (χ4v) is 2.72. The van der Waals surface area contributed by atoms with Gasteiger partial charge in [0, 0.05) is 6.26 Å². The first-order valence-electron chi connectivity index (χ1n) is 5.78. The number of rotatable bonds is 3. The van der Waals surface area contributed by atoms with Gasteiger partial charge >= 0.3 is 0 Å². The van der Waals surface area contributed by atoms with Gasteiger partial charge < -0.3 is 0 Å². The minimum atomic E-state index is -2.96. The van der Waals surface area contributed by atoms with Gasteiger partial charge in [0.1, 0.15) is 0 Å². The van der Waals surface area contributed by atoms with Crippen LogP contribution in [0.3, 0.4) is 0 Å². The molecule has 0 N–H and O–H groups in total. The smallest absolute Gasteiger partial charge is 0.151 e. The summed E-state index contributed by atoms with van der Waals surface area (Å²) in [5, 5.41) is 0. The first kappa shape index (κ1) is 12.8. The Hall–Kier alpha value is -1.61. The SMILES string of the molecule is Cc1cccc(-c2ccc(CS(C)(=O)=O)cc2)c1. The maximum Gasteiger partial charge on any atom is 0.151 e. The quantitative estimate of drug-likeness (QED) is 0.849. The third kappa shape index (κ3) is 3.44. The minimum absolute atomic E-state index is 0.0983. The zero-order chi connectivity index (χ0) is 13.2. The number of sulfone groups is 1. The van der Waals surface area contributed by atoms with Crippen LogP contribution < -0.4 is 0 Å². The molecule has 0 saturated heterocycles. The minimum Gasteiger partial charge on any atom is -0.229 e. The molecular formula is C15H16O2S. The number of benzene rings is 2. The van der Waals surface area contributed by atoms with E-state index in [1.165, 1.54) is 11.8 Å². The molecule has 0 heterocycles. The second-order valence-corrected chi connectivity index (χ2v) is 6.78. The van der Waals surface area contributed by atoms with Crippen molar-refractivity contribution in [2.24, 2.45) is 0 Å². The molecule has 0 fully saturated rings. The van der Waals surface area contributed by atoms with Gasteiger partial charge in [-0.1, -0.05) is 54.1 Å². The molecule has 2 nitrogen and oxygen atoms in total. The van der Waals surface area contributed by atoms with Gasteiger partial charge in [-0.2, -0.15) is 0 Å². The number of aryl methyl sites for hydroxylation is 1. The van der Waals surface area contributed by atoms with E-state index in [4.69, 9.17) is 0 Å². The van der Waals surface area contributed by atoms with E-state index >= 15 is 0 Å². The molecule has 0 saturated carbocycles. The molecule has 0 aliphatic heterocycles. The summed E-state index contributed by atoms with van der Waals surface area (Å²) in [4.78, 5) is 0. The Labute approximate surface area is 108 Å². The highest BCUT2D eigenvalue weighted by Gasteiger charge is 2.04. The summed E-state index contributed by atoms with van der Waals surface area (Å²) >= 11 is 0.